The lowest BCUT2D eigenvalue weighted by molar-refractivity contribution is -0.136. The highest BCUT2D eigenvalue weighted by molar-refractivity contribution is 7.78. The number of nitrogens with two attached hydrogens (primary N) is 1. The SMILES string of the molecule is CNC1CCCC(C)(C)N(CC(N)=NC=S)C1=O. The van der Waals surface area contributed by atoms with Gasteiger partial charge in [0.1, 0.15) is 5.84 Å². The lowest BCUT2D eigenvalue weighted by atomic mass is 9.97. The minimum Gasteiger partial charge on any atom is -0.386 e. The fraction of sp³-hybridized carbons (Fsp3) is 0.750. The molecule has 3 N–H and O–H groups in total. The minimum absolute atomic E-state index is 0.0857. The van der Waals surface area contributed by atoms with Crippen LogP contribution >= 0.6 is 12.2 Å². The summed E-state index contributed by atoms with van der Waals surface area (Å²) in [7, 11) is 1.81. The number of carbonyl (C=O) groups is 1. The Hall–Kier alpha value is -1.01. The van der Waals surface area contributed by atoms with Crippen LogP contribution in [0.5, 0.6) is 0 Å². The Labute approximate surface area is 114 Å². The van der Waals surface area contributed by atoms with Crippen LogP contribution in [0, 0.1) is 0 Å². The van der Waals surface area contributed by atoms with Gasteiger partial charge in [0, 0.05) is 5.54 Å². The number of likely N-dealkylation sites (N-methyl/N-ethyl adjacent to an activating group) is 1. The maximum absolute atomic E-state index is 12.4. The van der Waals surface area contributed by atoms with E-state index in [1.54, 1.807) is 4.90 Å². The molecule has 1 saturated heterocycles. The number of rotatable bonds is 4. The van der Waals surface area contributed by atoms with Gasteiger partial charge in [-0.3, -0.25) is 4.79 Å². The molecule has 1 aliphatic rings. The van der Waals surface area contributed by atoms with Crippen LogP contribution in [0.15, 0.2) is 4.99 Å². The molecule has 6 heteroatoms. The molecule has 102 valence electrons. The summed E-state index contributed by atoms with van der Waals surface area (Å²) >= 11 is 4.65. The number of thiocarbonyl (C=S) groups is 1. The average molecular weight is 270 g/mol. The van der Waals surface area contributed by atoms with Gasteiger partial charge in [0.2, 0.25) is 5.91 Å². The van der Waals surface area contributed by atoms with E-state index in [2.05, 4.69) is 36.4 Å². The first-order chi connectivity index (χ1) is 8.42. The Bertz CT molecular complexity index is 354. The quantitative estimate of drug-likeness (QED) is 0.448. The van der Waals surface area contributed by atoms with Crippen molar-refractivity contribution >= 4 is 29.5 Å². The fourth-order valence-electron chi connectivity index (χ4n) is 2.31. The molecule has 1 amide bonds. The van der Waals surface area contributed by atoms with Gasteiger partial charge in [-0.1, -0.05) is 12.2 Å². The van der Waals surface area contributed by atoms with Crippen molar-refractivity contribution in [2.45, 2.75) is 44.7 Å². The summed E-state index contributed by atoms with van der Waals surface area (Å²) in [6.45, 7) is 4.46. The number of likely N-dealkylation sites (tertiary alicyclic amines) is 1. The average Bonchev–Trinajstić information content (AvgIpc) is 2.40. The fourth-order valence-corrected chi connectivity index (χ4v) is 2.45. The molecule has 0 radical (unpaired) electrons. The van der Waals surface area contributed by atoms with Gasteiger partial charge in [0.15, 0.2) is 0 Å². The number of carbonyl (C=O) groups excluding carboxylic acids is 1. The summed E-state index contributed by atoms with van der Waals surface area (Å²) in [6, 6.07) is -0.132. The van der Waals surface area contributed by atoms with E-state index in [-0.39, 0.29) is 17.5 Å². The number of amidine groups is 1. The summed E-state index contributed by atoms with van der Waals surface area (Å²) in [5.41, 5.74) is 6.81. The second-order valence-electron chi connectivity index (χ2n) is 5.20. The third-order valence-electron chi connectivity index (χ3n) is 3.46. The molecular formula is C12H22N4OS. The zero-order chi connectivity index (χ0) is 13.8. The van der Waals surface area contributed by atoms with Gasteiger partial charge in [0.25, 0.3) is 0 Å². The molecule has 0 aromatic heterocycles. The predicted octanol–water partition coefficient (Wildman–Crippen LogP) is 0.680. The van der Waals surface area contributed by atoms with E-state index < -0.39 is 0 Å². The largest absolute Gasteiger partial charge is 0.386 e. The number of nitrogens with one attached hydrogen (secondary N) is 1. The first kappa shape index (κ1) is 15.0. The highest BCUT2D eigenvalue weighted by Gasteiger charge is 2.37. The molecular weight excluding hydrogens is 248 g/mol. The highest BCUT2D eigenvalue weighted by atomic mass is 32.1. The van der Waals surface area contributed by atoms with Crippen LogP contribution in [0.4, 0.5) is 0 Å². The van der Waals surface area contributed by atoms with Crippen molar-refractivity contribution < 1.29 is 4.79 Å². The van der Waals surface area contributed by atoms with Crippen molar-refractivity contribution in [2.24, 2.45) is 10.7 Å². The number of hydrogen-bond acceptors (Lipinski definition) is 3. The first-order valence-corrected chi connectivity index (χ1v) is 6.64. The normalized spacial score (nSPS) is 24.8. The molecule has 1 rings (SSSR count). The van der Waals surface area contributed by atoms with Gasteiger partial charge in [-0.15, -0.1) is 0 Å². The zero-order valence-electron chi connectivity index (χ0n) is 11.3. The summed E-state index contributed by atoms with van der Waals surface area (Å²) in [5, 5.41) is 3.07. The van der Waals surface area contributed by atoms with Crippen LogP contribution in [0.3, 0.4) is 0 Å². The Morgan fingerprint density at radius 1 is 1.72 bits per heavy atom. The van der Waals surface area contributed by atoms with Crippen molar-refractivity contribution in [3.05, 3.63) is 0 Å². The van der Waals surface area contributed by atoms with Gasteiger partial charge >= 0.3 is 0 Å². The third-order valence-corrected chi connectivity index (χ3v) is 3.57. The lowest BCUT2D eigenvalue weighted by Crippen LogP contribution is -2.54. The summed E-state index contributed by atoms with van der Waals surface area (Å²) in [6.07, 6.45) is 2.84. The summed E-state index contributed by atoms with van der Waals surface area (Å²) < 4.78 is 0. The van der Waals surface area contributed by atoms with Crippen LogP contribution in [0.1, 0.15) is 33.1 Å². The van der Waals surface area contributed by atoms with Gasteiger partial charge in [-0.2, -0.15) is 0 Å². The highest BCUT2D eigenvalue weighted by Crippen LogP contribution is 2.27. The van der Waals surface area contributed by atoms with Crippen LogP contribution in [0.25, 0.3) is 0 Å². The Kier molecular flexibility index (Phi) is 5.22. The van der Waals surface area contributed by atoms with E-state index in [1.165, 1.54) is 5.49 Å². The molecule has 0 bridgehead atoms. The second kappa shape index (κ2) is 6.24. The number of nitrogens with zero attached hydrogens (tertiary/aromatic N) is 2. The van der Waals surface area contributed by atoms with Crippen molar-refractivity contribution in [1.29, 1.82) is 0 Å². The van der Waals surface area contributed by atoms with E-state index in [0.717, 1.165) is 19.3 Å². The van der Waals surface area contributed by atoms with E-state index in [1.807, 2.05) is 7.05 Å². The Morgan fingerprint density at radius 2 is 2.39 bits per heavy atom. The van der Waals surface area contributed by atoms with Gasteiger partial charge in [-0.25, -0.2) is 4.99 Å². The monoisotopic (exact) mass is 270 g/mol. The molecule has 0 aromatic rings. The van der Waals surface area contributed by atoms with Crippen molar-refractivity contribution in [1.82, 2.24) is 10.2 Å². The Morgan fingerprint density at radius 3 is 2.94 bits per heavy atom. The van der Waals surface area contributed by atoms with Crippen molar-refractivity contribution in [2.75, 3.05) is 13.6 Å². The third kappa shape index (κ3) is 3.49. The standard InChI is InChI=1S/C12H22N4OS/c1-12(2)6-4-5-9(14-3)11(17)16(12)7-10(13)15-8-18/h8-9,14H,4-7H2,1-3H3,(H2,13,15,18). The molecule has 0 saturated carbocycles. The van der Waals surface area contributed by atoms with Crippen molar-refractivity contribution in [3.63, 3.8) is 0 Å². The maximum Gasteiger partial charge on any atom is 0.240 e. The topological polar surface area (TPSA) is 70.7 Å². The molecule has 1 fully saturated rings. The second-order valence-corrected chi connectivity index (χ2v) is 5.41. The zero-order valence-corrected chi connectivity index (χ0v) is 12.1. The number of amides is 1. The van der Waals surface area contributed by atoms with E-state index in [4.69, 9.17) is 5.73 Å². The molecule has 0 spiro atoms. The van der Waals surface area contributed by atoms with Crippen LogP contribution in [0.2, 0.25) is 0 Å². The molecule has 1 unspecified atom stereocenters. The van der Waals surface area contributed by atoms with Crippen LogP contribution < -0.4 is 11.1 Å². The number of hydrogen-bond donors (Lipinski definition) is 2. The summed E-state index contributed by atoms with van der Waals surface area (Å²) in [5.74, 6) is 0.464. The van der Waals surface area contributed by atoms with Gasteiger partial charge in [-0.05, 0) is 40.2 Å². The van der Waals surface area contributed by atoms with E-state index in [9.17, 15) is 4.79 Å². The molecule has 18 heavy (non-hydrogen) atoms. The molecule has 1 heterocycles. The lowest BCUT2D eigenvalue weighted by Gasteiger charge is -2.38. The molecule has 1 aliphatic heterocycles. The molecule has 1 atom stereocenters. The Balaban J connectivity index is 2.95. The van der Waals surface area contributed by atoms with Crippen molar-refractivity contribution in [3.8, 4) is 0 Å². The van der Waals surface area contributed by atoms with E-state index in [0.29, 0.717) is 12.4 Å². The minimum atomic E-state index is -0.204. The van der Waals surface area contributed by atoms with E-state index >= 15 is 0 Å². The summed E-state index contributed by atoms with van der Waals surface area (Å²) in [4.78, 5) is 18.1. The van der Waals surface area contributed by atoms with Crippen LogP contribution in [-0.2, 0) is 4.79 Å². The number of aliphatic imine (C=N–C) groups is 1. The molecule has 5 nitrogen and oxygen atoms in total. The van der Waals surface area contributed by atoms with Gasteiger partial charge < -0.3 is 16.0 Å². The molecule has 0 aromatic carbocycles. The maximum atomic E-state index is 12.4. The smallest absolute Gasteiger partial charge is 0.240 e. The van der Waals surface area contributed by atoms with Crippen LogP contribution in [-0.4, -0.2) is 47.3 Å². The molecule has 0 aliphatic carbocycles. The predicted molar refractivity (Wildman–Crippen MR) is 77.8 cm³/mol. The first-order valence-electron chi connectivity index (χ1n) is 6.17. The van der Waals surface area contributed by atoms with Gasteiger partial charge in [0.05, 0.1) is 18.1 Å².